The smallest absolute Gasteiger partial charge is 0.138 e. The van der Waals surface area contributed by atoms with Gasteiger partial charge in [0, 0.05) is 56.3 Å². The van der Waals surface area contributed by atoms with E-state index in [2.05, 4.69) is 63.3 Å². The van der Waals surface area contributed by atoms with Gasteiger partial charge in [-0.3, -0.25) is 0 Å². The number of aromatic nitrogens is 2. The summed E-state index contributed by atoms with van der Waals surface area (Å²) in [6.07, 6.45) is 3.63. The second-order valence-electron chi connectivity index (χ2n) is 8.40. The minimum atomic E-state index is 0.0336. The van der Waals surface area contributed by atoms with Crippen molar-refractivity contribution < 1.29 is 5.11 Å². The molecule has 0 saturated carbocycles. The van der Waals surface area contributed by atoms with E-state index in [-0.39, 0.29) is 6.61 Å². The molecule has 1 aromatic heterocycles. The third-order valence-electron chi connectivity index (χ3n) is 5.63. The zero-order chi connectivity index (χ0) is 23.4. The number of aromatic amines is 1. The quantitative estimate of drug-likeness (QED) is 0.397. The molecule has 0 aliphatic carbocycles. The summed E-state index contributed by atoms with van der Waals surface area (Å²) in [6.45, 7) is 0.0336. The fourth-order valence-corrected chi connectivity index (χ4v) is 3.71. The summed E-state index contributed by atoms with van der Waals surface area (Å²) in [6, 6.07) is 25.1. The molecule has 33 heavy (non-hydrogen) atoms. The maximum absolute atomic E-state index is 9.00. The summed E-state index contributed by atoms with van der Waals surface area (Å²) >= 11 is 0. The summed E-state index contributed by atoms with van der Waals surface area (Å²) in [5.41, 5.74) is 8.44. The minimum Gasteiger partial charge on any atom is -0.392 e. The van der Waals surface area contributed by atoms with E-state index < -0.39 is 0 Å². The molecule has 0 radical (unpaired) electrons. The van der Waals surface area contributed by atoms with Crippen LogP contribution < -0.4 is 9.80 Å². The second kappa shape index (κ2) is 9.76. The maximum atomic E-state index is 9.00. The predicted octanol–water partition coefficient (Wildman–Crippen LogP) is 5.55. The fourth-order valence-electron chi connectivity index (χ4n) is 3.71. The molecule has 0 amide bonds. The van der Waals surface area contributed by atoms with Gasteiger partial charge in [-0.05, 0) is 29.8 Å². The van der Waals surface area contributed by atoms with Crippen LogP contribution in [0.1, 0.15) is 5.56 Å². The Bertz CT molecular complexity index is 1150. The van der Waals surface area contributed by atoms with Crippen LogP contribution in [-0.2, 0) is 0 Å². The number of hydrogen-bond donors (Lipinski definition) is 2. The zero-order valence-electron chi connectivity index (χ0n) is 19.6. The highest BCUT2D eigenvalue weighted by Crippen LogP contribution is 2.34. The maximum Gasteiger partial charge on any atom is 0.138 e. The van der Waals surface area contributed by atoms with Gasteiger partial charge in [0.25, 0.3) is 0 Å². The number of rotatable bonds is 7. The fraction of sp³-hybridized carbons (Fsp3) is 0.179. The van der Waals surface area contributed by atoms with E-state index in [1.54, 1.807) is 6.08 Å². The third kappa shape index (κ3) is 4.99. The summed E-state index contributed by atoms with van der Waals surface area (Å²) in [4.78, 5) is 12.8. The van der Waals surface area contributed by atoms with Crippen molar-refractivity contribution in [1.82, 2.24) is 9.97 Å². The number of H-pyrrole nitrogens is 1. The highest BCUT2D eigenvalue weighted by Gasteiger charge is 2.16. The van der Waals surface area contributed by atoms with Crippen LogP contribution in [0.15, 0.2) is 78.9 Å². The van der Waals surface area contributed by atoms with Gasteiger partial charge in [-0.2, -0.15) is 0 Å². The Labute approximate surface area is 195 Å². The Morgan fingerprint density at radius 2 is 1.24 bits per heavy atom. The molecular formula is C28H30N4O. The van der Waals surface area contributed by atoms with Crippen molar-refractivity contribution in [2.45, 2.75) is 0 Å². The number of hydrogen-bond acceptors (Lipinski definition) is 4. The van der Waals surface area contributed by atoms with Crippen LogP contribution >= 0.6 is 0 Å². The monoisotopic (exact) mass is 438 g/mol. The molecule has 4 rings (SSSR count). The average molecular weight is 439 g/mol. The van der Waals surface area contributed by atoms with Gasteiger partial charge in [-0.1, -0.05) is 60.7 Å². The molecule has 5 heteroatoms. The van der Waals surface area contributed by atoms with Gasteiger partial charge in [-0.25, -0.2) is 4.98 Å². The van der Waals surface area contributed by atoms with Crippen LogP contribution in [-0.4, -0.2) is 49.9 Å². The van der Waals surface area contributed by atoms with E-state index in [1.807, 2.05) is 58.5 Å². The summed E-state index contributed by atoms with van der Waals surface area (Å²) in [5, 5.41) is 9.00. The molecule has 0 aliphatic rings. The molecule has 3 aromatic carbocycles. The molecule has 1 heterocycles. The first-order valence-corrected chi connectivity index (χ1v) is 11.0. The zero-order valence-corrected chi connectivity index (χ0v) is 19.6. The highest BCUT2D eigenvalue weighted by molar-refractivity contribution is 5.82. The number of benzene rings is 3. The Hall–Kier alpha value is -3.83. The number of imidazole rings is 1. The van der Waals surface area contributed by atoms with Gasteiger partial charge in [-0.15, -0.1) is 0 Å². The Morgan fingerprint density at radius 1 is 0.727 bits per heavy atom. The second-order valence-corrected chi connectivity index (χ2v) is 8.40. The van der Waals surface area contributed by atoms with Crippen LogP contribution in [0, 0.1) is 0 Å². The van der Waals surface area contributed by atoms with Gasteiger partial charge < -0.3 is 19.9 Å². The lowest BCUT2D eigenvalue weighted by atomic mass is 10.0. The predicted molar refractivity (Wildman–Crippen MR) is 140 cm³/mol. The number of anilines is 2. The van der Waals surface area contributed by atoms with E-state index in [9.17, 15) is 0 Å². The van der Waals surface area contributed by atoms with Crippen LogP contribution in [0.3, 0.4) is 0 Å². The van der Waals surface area contributed by atoms with Crippen molar-refractivity contribution in [2.24, 2.45) is 0 Å². The molecule has 2 N–H and O–H groups in total. The van der Waals surface area contributed by atoms with Crippen LogP contribution in [0.4, 0.5) is 11.4 Å². The van der Waals surface area contributed by atoms with Crippen molar-refractivity contribution in [2.75, 3.05) is 44.6 Å². The van der Waals surface area contributed by atoms with Gasteiger partial charge in [0.2, 0.25) is 0 Å². The normalized spacial score (nSPS) is 11.2. The van der Waals surface area contributed by atoms with E-state index in [1.165, 1.54) is 0 Å². The molecule has 0 bridgehead atoms. The Kier molecular flexibility index (Phi) is 6.61. The molecule has 0 spiro atoms. The van der Waals surface area contributed by atoms with Crippen molar-refractivity contribution in [3.05, 3.63) is 84.4 Å². The Balaban J connectivity index is 1.78. The average Bonchev–Trinajstić information content (AvgIpc) is 3.28. The van der Waals surface area contributed by atoms with Crippen molar-refractivity contribution in [3.8, 4) is 33.9 Å². The number of aliphatic hydroxyl groups excluding tert-OH is 1. The molecule has 168 valence electrons. The SMILES string of the molecule is CN(C)c1ccc(-c2nc(-c3ccc(/C=C/CO)cc3)[nH]c2-c2ccc(N(C)C)cc2)cc1. The lowest BCUT2D eigenvalue weighted by Crippen LogP contribution is -2.08. The molecule has 0 atom stereocenters. The molecule has 0 aliphatic heterocycles. The third-order valence-corrected chi connectivity index (χ3v) is 5.63. The summed E-state index contributed by atoms with van der Waals surface area (Å²) in [7, 11) is 8.17. The van der Waals surface area contributed by atoms with E-state index in [0.717, 1.165) is 50.8 Å². The molecular weight excluding hydrogens is 408 g/mol. The topological polar surface area (TPSA) is 55.4 Å². The lowest BCUT2D eigenvalue weighted by molar-refractivity contribution is 0.343. The van der Waals surface area contributed by atoms with Crippen molar-refractivity contribution in [1.29, 1.82) is 0 Å². The van der Waals surface area contributed by atoms with Crippen molar-refractivity contribution in [3.63, 3.8) is 0 Å². The molecule has 0 fully saturated rings. The van der Waals surface area contributed by atoms with Gasteiger partial charge in [0.05, 0.1) is 18.0 Å². The van der Waals surface area contributed by atoms with Gasteiger partial charge >= 0.3 is 0 Å². The van der Waals surface area contributed by atoms with E-state index in [0.29, 0.717) is 0 Å². The van der Waals surface area contributed by atoms with Gasteiger partial charge in [0.1, 0.15) is 5.82 Å². The highest BCUT2D eigenvalue weighted by atomic mass is 16.2. The largest absolute Gasteiger partial charge is 0.392 e. The first-order valence-electron chi connectivity index (χ1n) is 11.0. The first-order chi connectivity index (χ1) is 16.0. The lowest BCUT2D eigenvalue weighted by Gasteiger charge is -2.13. The van der Waals surface area contributed by atoms with E-state index >= 15 is 0 Å². The first kappa shape index (κ1) is 22.4. The number of nitrogens with zero attached hydrogens (tertiary/aromatic N) is 3. The molecule has 0 unspecified atom stereocenters. The Morgan fingerprint density at radius 3 is 1.76 bits per heavy atom. The van der Waals surface area contributed by atoms with Crippen LogP contribution in [0.25, 0.3) is 40.0 Å². The van der Waals surface area contributed by atoms with E-state index in [4.69, 9.17) is 10.1 Å². The molecule has 5 nitrogen and oxygen atoms in total. The summed E-state index contributed by atoms with van der Waals surface area (Å²) < 4.78 is 0. The van der Waals surface area contributed by atoms with Crippen LogP contribution in [0.2, 0.25) is 0 Å². The standard InChI is InChI=1S/C28H30N4O/c1-31(2)24-15-11-21(12-16-24)26-27(22-13-17-25(18-14-22)32(3)4)30-28(29-26)23-9-7-20(8-10-23)6-5-19-33/h5-18,33H,19H2,1-4H3,(H,29,30)/b6-5+. The molecule has 0 saturated heterocycles. The molecule has 4 aromatic rings. The van der Waals surface area contributed by atoms with Crippen molar-refractivity contribution >= 4 is 17.5 Å². The summed E-state index contributed by atoms with van der Waals surface area (Å²) in [5.74, 6) is 0.825. The van der Waals surface area contributed by atoms with Gasteiger partial charge in [0.15, 0.2) is 0 Å². The minimum absolute atomic E-state index is 0.0336. The number of aliphatic hydroxyl groups is 1. The van der Waals surface area contributed by atoms with Crippen LogP contribution in [0.5, 0.6) is 0 Å². The number of nitrogens with one attached hydrogen (secondary N) is 1.